The molecule has 0 aliphatic carbocycles. The quantitative estimate of drug-likeness (QED) is 0.383. The second-order valence-electron chi connectivity index (χ2n) is 6.62. The number of carbonyl (C=O) groups excluding carboxylic acids is 1. The molecule has 0 saturated heterocycles. The SMILES string of the molecule is CC(=O)Oc1ccccc1-c1nc2s/c(=C\c3ccc(N(C)C)cc3)c(=O)n2n1. The largest absolute Gasteiger partial charge is 0.426 e. The van der Waals surface area contributed by atoms with E-state index in [9.17, 15) is 9.59 Å². The average Bonchev–Trinajstić information content (AvgIpc) is 3.22. The monoisotopic (exact) mass is 406 g/mol. The van der Waals surface area contributed by atoms with Crippen molar-refractivity contribution in [2.45, 2.75) is 6.92 Å². The highest BCUT2D eigenvalue weighted by atomic mass is 32.1. The summed E-state index contributed by atoms with van der Waals surface area (Å²) in [4.78, 5) is 31.1. The summed E-state index contributed by atoms with van der Waals surface area (Å²) in [7, 11) is 3.96. The number of hydrogen-bond donors (Lipinski definition) is 0. The molecule has 0 unspecified atom stereocenters. The van der Waals surface area contributed by atoms with Gasteiger partial charge in [0.2, 0.25) is 4.96 Å². The Morgan fingerprint density at radius 1 is 1.14 bits per heavy atom. The van der Waals surface area contributed by atoms with Gasteiger partial charge in [0.1, 0.15) is 5.75 Å². The summed E-state index contributed by atoms with van der Waals surface area (Å²) in [5, 5.41) is 4.34. The van der Waals surface area contributed by atoms with Crippen molar-refractivity contribution in [3.05, 3.63) is 69.0 Å². The molecule has 7 nitrogen and oxygen atoms in total. The first-order valence-electron chi connectivity index (χ1n) is 8.89. The Morgan fingerprint density at radius 3 is 2.52 bits per heavy atom. The molecule has 0 spiro atoms. The van der Waals surface area contributed by atoms with Crippen molar-refractivity contribution in [3.8, 4) is 17.1 Å². The van der Waals surface area contributed by atoms with E-state index in [1.807, 2.05) is 49.3 Å². The zero-order chi connectivity index (χ0) is 20.5. The van der Waals surface area contributed by atoms with E-state index in [0.29, 0.717) is 26.6 Å². The number of fused-ring (bicyclic) bond motifs is 1. The highest BCUT2D eigenvalue weighted by molar-refractivity contribution is 7.15. The maximum absolute atomic E-state index is 12.8. The fourth-order valence-corrected chi connectivity index (χ4v) is 3.77. The summed E-state index contributed by atoms with van der Waals surface area (Å²) in [5.74, 6) is 0.269. The Morgan fingerprint density at radius 2 is 1.86 bits per heavy atom. The van der Waals surface area contributed by atoms with E-state index in [1.54, 1.807) is 24.3 Å². The Bertz CT molecular complexity index is 1310. The van der Waals surface area contributed by atoms with Crippen LogP contribution in [0.25, 0.3) is 22.4 Å². The third-order valence-corrected chi connectivity index (χ3v) is 5.23. The molecule has 8 heteroatoms. The molecule has 0 amide bonds. The summed E-state index contributed by atoms with van der Waals surface area (Å²) in [6.45, 7) is 1.33. The van der Waals surface area contributed by atoms with Crippen LogP contribution in [0.2, 0.25) is 0 Å². The van der Waals surface area contributed by atoms with Crippen molar-refractivity contribution in [1.82, 2.24) is 14.6 Å². The molecule has 4 aromatic rings. The maximum atomic E-state index is 12.8. The minimum atomic E-state index is -0.430. The van der Waals surface area contributed by atoms with Crippen LogP contribution in [0.5, 0.6) is 5.75 Å². The predicted octanol–water partition coefficient (Wildman–Crippen LogP) is 2.36. The van der Waals surface area contributed by atoms with Crippen LogP contribution in [-0.4, -0.2) is 34.7 Å². The van der Waals surface area contributed by atoms with Crippen LogP contribution in [-0.2, 0) is 4.79 Å². The van der Waals surface area contributed by atoms with Crippen LogP contribution in [0.15, 0.2) is 53.3 Å². The third-order valence-electron chi connectivity index (χ3n) is 4.27. The van der Waals surface area contributed by atoms with Gasteiger partial charge in [-0.3, -0.25) is 9.59 Å². The number of carbonyl (C=O) groups is 1. The van der Waals surface area contributed by atoms with E-state index in [0.717, 1.165) is 11.3 Å². The maximum Gasteiger partial charge on any atom is 0.308 e. The number of thiazole rings is 1. The van der Waals surface area contributed by atoms with Gasteiger partial charge < -0.3 is 9.64 Å². The van der Waals surface area contributed by atoms with Gasteiger partial charge in [-0.15, -0.1) is 5.10 Å². The van der Waals surface area contributed by atoms with E-state index in [1.165, 1.54) is 22.8 Å². The van der Waals surface area contributed by atoms with Crippen molar-refractivity contribution in [3.63, 3.8) is 0 Å². The second-order valence-corrected chi connectivity index (χ2v) is 7.63. The lowest BCUT2D eigenvalue weighted by molar-refractivity contribution is -0.131. The highest BCUT2D eigenvalue weighted by Gasteiger charge is 2.16. The molecule has 0 aliphatic heterocycles. The van der Waals surface area contributed by atoms with Crippen LogP contribution in [0.1, 0.15) is 12.5 Å². The van der Waals surface area contributed by atoms with Crippen molar-refractivity contribution in [2.24, 2.45) is 0 Å². The van der Waals surface area contributed by atoms with Gasteiger partial charge in [0, 0.05) is 26.7 Å². The fraction of sp³-hybridized carbons (Fsp3) is 0.143. The molecule has 2 aromatic carbocycles. The molecule has 2 heterocycles. The normalized spacial score (nSPS) is 11.8. The first kappa shape index (κ1) is 18.8. The summed E-state index contributed by atoms with van der Waals surface area (Å²) < 4.78 is 7.05. The molecule has 0 fully saturated rings. The molecule has 29 heavy (non-hydrogen) atoms. The van der Waals surface area contributed by atoms with Crippen LogP contribution < -0.4 is 19.7 Å². The summed E-state index contributed by atoms with van der Waals surface area (Å²) >= 11 is 1.27. The van der Waals surface area contributed by atoms with Gasteiger partial charge in [-0.2, -0.15) is 9.50 Å². The predicted molar refractivity (Wildman–Crippen MR) is 113 cm³/mol. The molecule has 146 valence electrons. The van der Waals surface area contributed by atoms with Crippen LogP contribution in [0.4, 0.5) is 5.69 Å². The fourth-order valence-electron chi connectivity index (χ4n) is 2.86. The topological polar surface area (TPSA) is 76.8 Å². The molecule has 0 N–H and O–H groups in total. The van der Waals surface area contributed by atoms with Crippen LogP contribution in [0, 0.1) is 0 Å². The number of anilines is 1. The Kier molecular flexibility index (Phi) is 4.85. The van der Waals surface area contributed by atoms with Crippen molar-refractivity contribution in [1.29, 1.82) is 0 Å². The Balaban J connectivity index is 1.74. The summed E-state index contributed by atoms with van der Waals surface area (Å²) in [6, 6.07) is 14.9. The van der Waals surface area contributed by atoms with E-state index < -0.39 is 5.97 Å². The van der Waals surface area contributed by atoms with Crippen molar-refractivity contribution in [2.75, 3.05) is 19.0 Å². The zero-order valence-corrected chi connectivity index (χ0v) is 16.9. The van der Waals surface area contributed by atoms with Gasteiger partial charge >= 0.3 is 5.97 Å². The van der Waals surface area contributed by atoms with E-state index in [4.69, 9.17) is 4.74 Å². The zero-order valence-electron chi connectivity index (χ0n) is 16.1. The van der Waals surface area contributed by atoms with Crippen molar-refractivity contribution < 1.29 is 9.53 Å². The third kappa shape index (κ3) is 3.74. The number of benzene rings is 2. The molecule has 0 radical (unpaired) electrons. The molecule has 0 saturated carbocycles. The van der Waals surface area contributed by atoms with Gasteiger partial charge in [-0.1, -0.05) is 35.6 Å². The van der Waals surface area contributed by atoms with Gasteiger partial charge in [0.25, 0.3) is 5.56 Å². The Hall–Kier alpha value is -3.52. The Labute approximate surface area is 170 Å². The smallest absolute Gasteiger partial charge is 0.308 e. The molecule has 2 aromatic heterocycles. The van der Waals surface area contributed by atoms with E-state index >= 15 is 0 Å². The van der Waals surface area contributed by atoms with E-state index in [2.05, 4.69) is 10.1 Å². The van der Waals surface area contributed by atoms with Crippen LogP contribution >= 0.6 is 11.3 Å². The lowest BCUT2D eigenvalue weighted by atomic mass is 10.2. The van der Waals surface area contributed by atoms with E-state index in [-0.39, 0.29) is 5.56 Å². The first-order valence-corrected chi connectivity index (χ1v) is 9.70. The average molecular weight is 406 g/mol. The lowest BCUT2D eigenvalue weighted by Gasteiger charge is -2.11. The standard InChI is InChI=1S/C21H18N4O3S/c1-13(26)28-17-7-5-4-6-16(17)19-22-21-25(23-19)20(27)18(29-21)12-14-8-10-15(11-9-14)24(2)3/h4-12H,1-3H3/b18-12-. The van der Waals surface area contributed by atoms with Crippen LogP contribution in [0.3, 0.4) is 0 Å². The lowest BCUT2D eigenvalue weighted by Crippen LogP contribution is -2.23. The van der Waals surface area contributed by atoms with Gasteiger partial charge in [-0.25, -0.2) is 0 Å². The summed E-state index contributed by atoms with van der Waals surface area (Å²) in [6.07, 6.45) is 1.83. The molecular weight excluding hydrogens is 388 g/mol. The van der Waals surface area contributed by atoms with Gasteiger partial charge in [0.15, 0.2) is 5.82 Å². The first-order chi connectivity index (χ1) is 13.9. The number of aromatic nitrogens is 3. The molecule has 4 rings (SSSR count). The second kappa shape index (κ2) is 7.48. The number of hydrogen-bond acceptors (Lipinski definition) is 7. The number of para-hydroxylation sites is 1. The minimum Gasteiger partial charge on any atom is -0.426 e. The molecule has 0 aliphatic rings. The molecular formula is C21H18N4O3S. The van der Waals surface area contributed by atoms with Crippen molar-refractivity contribution >= 4 is 34.0 Å². The number of rotatable bonds is 4. The number of nitrogens with zero attached hydrogens (tertiary/aromatic N) is 4. The molecule has 0 atom stereocenters. The minimum absolute atomic E-state index is 0.231. The van der Waals surface area contributed by atoms with Gasteiger partial charge in [0.05, 0.1) is 10.1 Å². The summed E-state index contributed by atoms with van der Waals surface area (Å²) in [5.41, 5.74) is 2.34. The van der Waals surface area contributed by atoms with Gasteiger partial charge in [-0.05, 0) is 35.9 Å². The molecule has 0 bridgehead atoms. The number of ether oxygens (including phenoxy) is 1. The highest BCUT2D eigenvalue weighted by Crippen LogP contribution is 2.27. The number of esters is 1.